The van der Waals surface area contributed by atoms with Crippen molar-refractivity contribution in [2.24, 2.45) is 0 Å². The molecule has 1 N–H and O–H groups in total. The second-order valence-corrected chi connectivity index (χ2v) is 5.18. The van der Waals surface area contributed by atoms with Crippen molar-refractivity contribution in [3.05, 3.63) is 18.1 Å². The Kier molecular flexibility index (Phi) is 5.14. The van der Waals surface area contributed by atoms with Crippen molar-refractivity contribution < 1.29 is 4.74 Å². The molecule has 0 aromatic carbocycles. The van der Waals surface area contributed by atoms with E-state index in [1.807, 2.05) is 12.3 Å². The van der Waals surface area contributed by atoms with Crippen LogP contribution in [0.4, 0.5) is 5.82 Å². The van der Waals surface area contributed by atoms with E-state index < -0.39 is 0 Å². The molecule has 0 saturated heterocycles. The minimum Gasteiger partial charge on any atom is -0.370 e. The third-order valence-corrected chi connectivity index (χ3v) is 3.70. The minimum absolute atomic E-state index is 0.253. The number of hydrogen-bond acceptors (Lipinski definition) is 4. The smallest absolute Gasteiger partial charge is 0.162 e. The number of nitrogens with one attached hydrogen (secondary N) is 1. The van der Waals surface area contributed by atoms with Gasteiger partial charge in [-0.2, -0.15) is 0 Å². The molecule has 2 rings (SSSR count). The first-order valence-corrected chi connectivity index (χ1v) is 7.52. The van der Waals surface area contributed by atoms with E-state index in [9.17, 15) is 0 Å². The summed E-state index contributed by atoms with van der Waals surface area (Å²) in [4.78, 5) is 9.16. The maximum absolute atomic E-state index is 6.06. The number of aromatic nitrogens is 2. The van der Waals surface area contributed by atoms with Crippen LogP contribution in [0.1, 0.15) is 58.2 Å². The van der Waals surface area contributed by atoms with E-state index >= 15 is 0 Å². The third kappa shape index (κ3) is 3.44. The average molecular weight is 263 g/mol. The van der Waals surface area contributed by atoms with Crippen LogP contribution in [-0.2, 0) is 10.3 Å². The molecule has 0 unspecified atom stereocenters. The van der Waals surface area contributed by atoms with Crippen molar-refractivity contribution in [1.29, 1.82) is 0 Å². The van der Waals surface area contributed by atoms with Crippen LogP contribution in [0.15, 0.2) is 12.3 Å². The summed E-state index contributed by atoms with van der Waals surface area (Å²) in [5.41, 5.74) is -0.253. The summed E-state index contributed by atoms with van der Waals surface area (Å²) in [6.07, 6.45) is 8.72. The predicted octanol–water partition coefficient (Wildman–Crippen LogP) is 3.49. The fourth-order valence-electron chi connectivity index (χ4n) is 2.76. The Bertz CT molecular complexity index is 383. The number of nitrogens with zero attached hydrogens (tertiary/aromatic N) is 2. The molecule has 1 aromatic heterocycles. The molecule has 4 nitrogen and oxygen atoms in total. The Morgan fingerprint density at radius 2 is 2.05 bits per heavy atom. The number of hydrogen-bond donors (Lipinski definition) is 1. The molecule has 1 aliphatic rings. The summed E-state index contributed by atoms with van der Waals surface area (Å²) in [5, 5.41) is 3.33. The molecule has 19 heavy (non-hydrogen) atoms. The maximum atomic E-state index is 6.06. The third-order valence-electron chi connectivity index (χ3n) is 3.70. The van der Waals surface area contributed by atoms with Gasteiger partial charge in [0, 0.05) is 19.3 Å². The first kappa shape index (κ1) is 14.3. The largest absolute Gasteiger partial charge is 0.370 e. The van der Waals surface area contributed by atoms with E-state index in [1.54, 1.807) is 0 Å². The Hall–Kier alpha value is -1.16. The van der Waals surface area contributed by atoms with Crippen molar-refractivity contribution in [1.82, 2.24) is 9.97 Å². The van der Waals surface area contributed by atoms with E-state index in [2.05, 4.69) is 29.1 Å². The molecule has 1 aromatic rings. The lowest BCUT2D eigenvalue weighted by Gasteiger charge is -2.35. The van der Waals surface area contributed by atoms with Crippen LogP contribution in [-0.4, -0.2) is 23.1 Å². The molecule has 1 aliphatic carbocycles. The Balaban J connectivity index is 2.20. The molecule has 106 valence electrons. The van der Waals surface area contributed by atoms with Gasteiger partial charge in [0.25, 0.3) is 0 Å². The maximum Gasteiger partial charge on any atom is 0.162 e. The van der Waals surface area contributed by atoms with Crippen molar-refractivity contribution in [2.45, 2.75) is 58.0 Å². The molecule has 0 atom stereocenters. The van der Waals surface area contributed by atoms with Crippen molar-refractivity contribution in [2.75, 3.05) is 18.5 Å². The summed E-state index contributed by atoms with van der Waals surface area (Å²) in [7, 11) is 0. The molecular formula is C15H25N3O. The van der Waals surface area contributed by atoms with E-state index in [-0.39, 0.29) is 5.60 Å². The van der Waals surface area contributed by atoms with Crippen molar-refractivity contribution in [3.63, 3.8) is 0 Å². The van der Waals surface area contributed by atoms with Crippen LogP contribution in [0, 0.1) is 0 Å². The van der Waals surface area contributed by atoms with Crippen molar-refractivity contribution >= 4 is 5.82 Å². The fourth-order valence-corrected chi connectivity index (χ4v) is 2.76. The highest BCUT2D eigenvalue weighted by molar-refractivity contribution is 5.33. The number of anilines is 1. The van der Waals surface area contributed by atoms with Crippen LogP contribution < -0.4 is 5.32 Å². The molecule has 1 saturated carbocycles. The highest BCUT2D eigenvalue weighted by atomic mass is 16.5. The lowest BCUT2D eigenvalue weighted by molar-refractivity contribution is -0.0766. The lowest BCUT2D eigenvalue weighted by atomic mass is 9.84. The first-order chi connectivity index (χ1) is 9.30. The van der Waals surface area contributed by atoms with Gasteiger partial charge in [-0.25, -0.2) is 9.97 Å². The van der Waals surface area contributed by atoms with Gasteiger partial charge in [0.1, 0.15) is 11.4 Å². The van der Waals surface area contributed by atoms with Gasteiger partial charge in [-0.3, -0.25) is 0 Å². The summed E-state index contributed by atoms with van der Waals surface area (Å²) in [5.74, 6) is 1.77. The van der Waals surface area contributed by atoms with Gasteiger partial charge in [-0.05, 0) is 32.3 Å². The second kappa shape index (κ2) is 6.85. The van der Waals surface area contributed by atoms with E-state index in [0.29, 0.717) is 0 Å². The minimum atomic E-state index is -0.253. The van der Waals surface area contributed by atoms with Crippen LogP contribution in [0.25, 0.3) is 0 Å². The summed E-state index contributed by atoms with van der Waals surface area (Å²) < 4.78 is 6.06. The highest BCUT2D eigenvalue weighted by Gasteiger charge is 2.37. The molecule has 0 bridgehead atoms. The van der Waals surface area contributed by atoms with E-state index in [4.69, 9.17) is 4.74 Å². The van der Waals surface area contributed by atoms with Crippen LogP contribution in [0.5, 0.6) is 0 Å². The quantitative estimate of drug-likeness (QED) is 0.853. The molecular weight excluding hydrogens is 238 g/mol. The molecule has 4 heteroatoms. The molecule has 0 radical (unpaired) electrons. The van der Waals surface area contributed by atoms with Gasteiger partial charge in [0.05, 0.1) is 0 Å². The number of ether oxygens (including phenoxy) is 1. The SMILES string of the molecule is CCCNc1ccnc(C2(OCC)CCCCC2)n1. The zero-order valence-corrected chi connectivity index (χ0v) is 12.1. The Morgan fingerprint density at radius 1 is 1.26 bits per heavy atom. The van der Waals surface area contributed by atoms with E-state index in [1.165, 1.54) is 19.3 Å². The van der Waals surface area contributed by atoms with Crippen LogP contribution >= 0.6 is 0 Å². The summed E-state index contributed by atoms with van der Waals surface area (Å²) in [6.45, 7) is 5.86. The normalized spacial score (nSPS) is 18.2. The van der Waals surface area contributed by atoms with E-state index in [0.717, 1.165) is 44.1 Å². The van der Waals surface area contributed by atoms with Gasteiger partial charge < -0.3 is 10.1 Å². The number of rotatable bonds is 6. The van der Waals surface area contributed by atoms with Crippen molar-refractivity contribution in [3.8, 4) is 0 Å². The summed E-state index contributed by atoms with van der Waals surface area (Å²) in [6, 6.07) is 1.93. The lowest BCUT2D eigenvalue weighted by Crippen LogP contribution is -2.34. The Morgan fingerprint density at radius 3 is 2.74 bits per heavy atom. The zero-order valence-electron chi connectivity index (χ0n) is 12.1. The molecule has 0 spiro atoms. The standard InChI is InChI=1S/C15H25N3O/c1-3-11-16-13-8-12-17-14(18-13)15(19-4-2)9-6-5-7-10-15/h8,12H,3-7,9-11H2,1-2H3,(H,16,17,18). The molecule has 1 fully saturated rings. The monoisotopic (exact) mass is 263 g/mol. The fraction of sp³-hybridized carbons (Fsp3) is 0.733. The summed E-state index contributed by atoms with van der Waals surface area (Å²) >= 11 is 0. The van der Waals surface area contributed by atoms with Gasteiger partial charge in [0.2, 0.25) is 0 Å². The highest BCUT2D eigenvalue weighted by Crippen LogP contribution is 2.38. The van der Waals surface area contributed by atoms with Gasteiger partial charge in [-0.1, -0.05) is 26.2 Å². The topological polar surface area (TPSA) is 47.0 Å². The predicted molar refractivity (Wildman–Crippen MR) is 77.2 cm³/mol. The van der Waals surface area contributed by atoms with Gasteiger partial charge >= 0.3 is 0 Å². The van der Waals surface area contributed by atoms with Gasteiger partial charge in [0.15, 0.2) is 5.82 Å². The molecule has 0 aliphatic heterocycles. The van der Waals surface area contributed by atoms with Crippen LogP contribution in [0.3, 0.4) is 0 Å². The zero-order chi connectivity index (χ0) is 13.6. The first-order valence-electron chi connectivity index (χ1n) is 7.52. The molecule has 0 amide bonds. The average Bonchev–Trinajstić information content (AvgIpc) is 2.47. The second-order valence-electron chi connectivity index (χ2n) is 5.18. The Labute approximate surface area is 116 Å². The van der Waals surface area contributed by atoms with Gasteiger partial charge in [-0.15, -0.1) is 0 Å². The molecule has 1 heterocycles. The van der Waals surface area contributed by atoms with Crippen LogP contribution in [0.2, 0.25) is 0 Å².